The van der Waals surface area contributed by atoms with Crippen LogP contribution in [0.25, 0.3) is 0 Å². The third kappa shape index (κ3) is 2.97. The van der Waals surface area contributed by atoms with Crippen LogP contribution in [0.5, 0.6) is 0 Å². The van der Waals surface area contributed by atoms with Crippen LogP contribution in [-0.4, -0.2) is 39.9 Å². The number of nitro groups is 1. The molecule has 1 aromatic carbocycles. The first-order chi connectivity index (χ1) is 10.3. The molecule has 9 heteroatoms. The summed E-state index contributed by atoms with van der Waals surface area (Å²) in [5, 5.41) is 19.7. The lowest BCUT2D eigenvalue weighted by Gasteiger charge is -2.30. The number of carboxylic acid groups (broad SMARTS) is 1. The van der Waals surface area contributed by atoms with E-state index in [2.05, 4.69) is 0 Å². The molecule has 0 radical (unpaired) electrons. The van der Waals surface area contributed by atoms with E-state index in [-0.39, 0.29) is 31.5 Å². The van der Waals surface area contributed by atoms with Gasteiger partial charge in [0, 0.05) is 13.1 Å². The first kappa shape index (κ1) is 15.7. The van der Waals surface area contributed by atoms with Crippen LogP contribution in [0.3, 0.4) is 0 Å². The highest BCUT2D eigenvalue weighted by atomic mass is 19.1. The zero-order valence-corrected chi connectivity index (χ0v) is 11.5. The van der Waals surface area contributed by atoms with Crippen LogP contribution in [0.15, 0.2) is 12.1 Å². The van der Waals surface area contributed by atoms with E-state index in [0.29, 0.717) is 6.07 Å². The van der Waals surface area contributed by atoms with Crippen molar-refractivity contribution in [1.29, 1.82) is 0 Å². The van der Waals surface area contributed by atoms with Gasteiger partial charge in [0.2, 0.25) is 0 Å². The Morgan fingerprint density at radius 3 is 2.45 bits per heavy atom. The number of hydrogen-bond acceptors (Lipinski definition) is 5. The first-order valence-electron chi connectivity index (χ1n) is 6.56. The number of rotatable bonds is 3. The normalized spacial score (nSPS) is 15.6. The Morgan fingerprint density at radius 2 is 1.95 bits per heavy atom. The molecule has 22 heavy (non-hydrogen) atoms. The van der Waals surface area contributed by atoms with Gasteiger partial charge < -0.3 is 15.7 Å². The molecule has 0 unspecified atom stereocenters. The number of nitro benzene ring substituents is 1. The topological polar surface area (TPSA) is 127 Å². The van der Waals surface area contributed by atoms with Crippen molar-refractivity contribution >= 4 is 23.3 Å². The summed E-state index contributed by atoms with van der Waals surface area (Å²) in [6.07, 6.45) is 0.552. The first-order valence-corrected chi connectivity index (χ1v) is 6.56. The summed E-state index contributed by atoms with van der Waals surface area (Å²) in [6.45, 7) is 0.360. The van der Waals surface area contributed by atoms with E-state index < -0.39 is 39.9 Å². The molecule has 118 valence electrons. The molecule has 1 heterocycles. The fourth-order valence-electron chi connectivity index (χ4n) is 2.43. The van der Waals surface area contributed by atoms with Gasteiger partial charge in [-0.05, 0) is 18.9 Å². The number of nitrogen functional groups attached to an aromatic ring is 1. The molecule has 1 aliphatic heterocycles. The summed E-state index contributed by atoms with van der Waals surface area (Å²) >= 11 is 0. The maximum atomic E-state index is 13.5. The number of nitrogens with zero attached hydrogens (tertiary/aromatic N) is 2. The van der Waals surface area contributed by atoms with Gasteiger partial charge >= 0.3 is 5.97 Å². The summed E-state index contributed by atoms with van der Waals surface area (Å²) in [4.78, 5) is 34.5. The third-order valence-corrected chi connectivity index (χ3v) is 3.68. The second-order valence-corrected chi connectivity index (χ2v) is 5.05. The lowest BCUT2D eigenvalue weighted by atomic mass is 9.96. The van der Waals surface area contributed by atoms with Crippen LogP contribution in [0.4, 0.5) is 15.8 Å². The number of halogens is 1. The number of carboxylic acids is 1. The highest BCUT2D eigenvalue weighted by Crippen LogP contribution is 2.29. The van der Waals surface area contributed by atoms with Crippen molar-refractivity contribution in [3.8, 4) is 0 Å². The average molecular weight is 311 g/mol. The van der Waals surface area contributed by atoms with Gasteiger partial charge in [0.05, 0.1) is 22.5 Å². The van der Waals surface area contributed by atoms with E-state index in [4.69, 9.17) is 10.8 Å². The van der Waals surface area contributed by atoms with E-state index in [1.54, 1.807) is 0 Å². The Kier molecular flexibility index (Phi) is 4.25. The molecule has 1 saturated heterocycles. The second-order valence-electron chi connectivity index (χ2n) is 5.05. The largest absolute Gasteiger partial charge is 0.481 e. The van der Waals surface area contributed by atoms with Crippen molar-refractivity contribution in [2.24, 2.45) is 5.92 Å². The van der Waals surface area contributed by atoms with Crippen molar-refractivity contribution in [2.45, 2.75) is 12.8 Å². The predicted molar refractivity (Wildman–Crippen MR) is 73.7 cm³/mol. The summed E-state index contributed by atoms with van der Waals surface area (Å²) in [5.41, 5.74) is 4.25. The summed E-state index contributed by atoms with van der Waals surface area (Å²) < 4.78 is 13.5. The van der Waals surface area contributed by atoms with Gasteiger partial charge in [-0.2, -0.15) is 0 Å². The number of amides is 1. The number of anilines is 1. The summed E-state index contributed by atoms with van der Waals surface area (Å²) in [7, 11) is 0. The Bertz CT molecular complexity index is 641. The third-order valence-electron chi connectivity index (χ3n) is 3.68. The van der Waals surface area contributed by atoms with Gasteiger partial charge in [0.1, 0.15) is 11.5 Å². The zero-order valence-electron chi connectivity index (χ0n) is 11.5. The van der Waals surface area contributed by atoms with E-state index >= 15 is 0 Å². The Balaban J connectivity index is 2.24. The van der Waals surface area contributed by atoms with Gasteiger partial charge in [-0.3, -0.25) is 19.7 Å². The SMILES string of the molecule is Nc1c(C(=O)N2CCC(C(=O)O)CC2)cc(F)cc1[N+](=O)[O-]. The van der Waals surface area contributed by atoms with Crippen molar-refractivity contribution in [2.75, 3.05) is 18.8 Å². The van der Waals surface area contributed by atoms with Crippen molar-refractivity contribution in [1.82, 2.24) is 4.90 Å². The fourth-order valence-corrected chi connectivity index (χ4v) is 2.43. The molecule has 0 spiro atoms. The van der Waals surface area contributed by atoms with Crippen LogP contribution in [0, 0.1) is 21.8 Å². The fraction of sp³-hybridized carbons (Fsp3) is 0.385. The molecule has 0 saturated carbocycles. The molecule has 1 fully saturated rings. The number of carbonyl (C=O) groups excluding carboxylic acids is 1. The molecule has 1 amide bonds. The molecule has 2 rings (SSSR count). The summed E-state index contributed by atoms with van der Waals surface area (Å²) in [5.74, 6) is -3.01. The lowest BCUT2D eigenvalue weighted by Crippen LogP contribution is -2.40. The number of likely N-dealkylation sites (tertiary alicyclic amines) is 1. The van der Waals surface area contributed by atoms with Crippen LogP contribution >= 0.6 is 0 Å². The van der Waals surface area contributed by atoms with Crippen LogP contribution in [0.1, 0.15) is 23.2 Å². The number of carbonyl (C=O) groups is 2. The quantitative estimate of drug-likeness (QED) is 0.491. The lowest BCUT2D eigenvalue weighted by molar-refractivity contribution is -0.384. The van der Waals surface area contributed by atoms with Crippen LogP contribution < -0.4 is 5.73 Å². The van der Waals surface area contributed by atoms with Gasteiger partial charge in [0.25, 0.3) is 11.6 Å². The van der Waals surface area contributed by atoms with Gasteiger partial charge in [-0.15, -0.1) is 0 Å². The number of nitrogens with two attached hydrogens (primary N) is 1. The van der Waals surface area contributed by atoms with Gasteiger partial charge in [0.15, 0.2) is 0 Å². The predicted octanol–water partition coefficient (Wildman–Crippen LogP) is 1.25. The molecule has 1 aromatic rings. The van der Waals surface area contributed by atoms with E-state index in [1.807, 2.05) is 0 Å². The smallest absolute Gasteiger partial charge is 0.306 e. The minimum Gasteiger partial charge on any atom is -0.481 e. The van der Waals surface area contributed by atoms with Gasteiger partial charge in [-0.25, -0.2) is 4.39 Å². The molecule has 0 atom stereocenters. The minimum atomic E-state index is -0.926. The zero-order chi connectivity index (χ0) is 16.4. The highest BCUT2D eigenvalue weighted by Gasteiger charge is 2.30. The van der Waals surface area contributed by atoms with E-state index in [9.17, 15) is 24.1 Å². The Labute approximate surface area is 124 Å². The molecule has 1 aliphatic rings. The second kappa shape index (κ2) is 5.96. The summed E-state index contributed by atoms with van der Waals surface area (Å²) in [6, 6.07) is 1.51. The Hall–Kier alpha value is -2.71. The molecule has 3 N–H and O–H groups in total. The maximum Gasteiger partial charge on any atom is 0.306 e. The van der Waals surface area contributed by atoms with Crippen LogP contribution in [-0.2, 0) is 4.79 Å². The molecular weight excluding hydrogens is 297 g/mol. The maximum absolute atomic E-state index is 13.5. The highest BCUT2D eigenvalue weighted by molar-refractivity contribution is 6.01. The average Bonchev–Trinajstić information content (AvgIpc) is 2.48. The number of benzene rings is 1. The standard InChI is InChI=1S/C13H14FN3O5/c14-8-5-9(11(15)10(6-8)17(21)22)12(18)16-3-1-7(2-4-16)13(19)20/h5-7H,1-4,15H2,(H,19,20). The van der Waals surface area contributed by atoms with E-state index in [0.717, 1.165) is 6.07 Å². The number of aliphatic carboxylic acids is 1. The van der Waals surface area contributed by atoms with Crippen LogP contribution in [0.2, 0.25) is 0 Å². The molecule has 8 nitrogen and oxygen atoms in total. The van der Waals surface area contributed by atoms with Gasteiger partial charge in [-0.1, -0.05) is 0 Å². The van der Waals surface area contributed by atoms with Crippen molar-refractivity contribution < 1.29 is 24.0 Å². The van der Waals surface area contributed by atoms with E-state index in [1.165, 1.54) is 4.90 Å². The molecule has 0 aromatic heterocycles. The molecule has 0 bridgehead atoms. The monoisotopic (exact) mass is 311 g/mol. The number of piperidine rings is 1. The van der Waals surface area contributed by atoms with Crippen molar-refractivity contribution in [3.05, 3.63) is 33.6 Å². The van der Waals surface area contributed by atoms with Crippen molar-refractivity contribution in [3.63, 3.8) is 0 Å². The Morgan fingerprint density at radius 1 is 1.36 bits per heavy atom. The molecular formula is C13H14FN3O5. The number of hydrogen-bond donors (Lipinski definition) is 2. The molecule has 0 aliphatic carbocycles. The minimum absolute atomic E-state index is 0.180.